The normalized spacial score (nSPS) is 19.6. The molecule has 0 spiro atoms. The molecule has 19 heavy (non-hydrogen) atoms. The fourth-order valence-corrected chi connectivity index (χ4v) is 3.26. The molecule has 0 bridgehead atoms. The third kappa shape index (κ3) is 3.91. The lowest BCUT2D eigenvalue weighted by atomic mass is 9.81. The molecule has 0 amide bonds. The summed E-state index contributed by atoms with van der Waals surface area (Å²) < 4.78 is 13.8. The van der Waals surface area contributed by atoms with Crippen LogP contribution in [0.15, 0.2) is 22.7 Å². The highest BCUT2D eigenvalue weighted by atomic mass is 79.9. The van der Waals surface area contributed by atoms with E-state index in [9.17, 15) is 9.50 Å². The molecule has 108 valence electrons. The molecule has 0 aliphatic heterocycles. The van der Waals surface area contributed by atoms with E-state index in [1.54, 1.807) is 12.1 Å². The number of nitrogens with two attached hydrogens (primary N) is 1. The second-order valence-corrected chi connectivity index (χ2v) is 5.85. The lowest BCUT2D eigenvalue weighted by Crippen LogP contribution is -2.34. The first kappa shape index (κ1) is 16.9. The van der Waals surface area contributed by atoms with Crippen LogP contribution >= 0.6 is 28.3 Å². The van der Waals surface area contributed by atoms with Gasteiger partial charge < -0.3 is 10.8 Å². The third-order valence-electron chi connectivity index (χ3n) is 3.84. The fraction of sp³-hybridized carbons (Fsp3) is 0.571. The summed E-state index contributed by atoms with van der Waals surface area (Å²) in [5.74, 6) is -0.0947. The number of halogens is 3. The summed E-state index contributed by atoms with van der Waals surface area (Å²) in [5.41, 5.74) is 6.74. The van der Waals surface area contributed by atoms with Crippen molar-refractivity contribution in [2.75, 3.05) is 0 Å². The van der Waals surface area contributed by atoms with Crippen LogP contribution in [-0.2, 0) is 0 Å². The second-order valence-electron chi connectivity index (χ2n) is 5.06. The van der Waals surface area contributed by atoms with Gasteiger partial charge in [-0.15, -0.1) is 12.4 Å². The average molecular weight is 353 g/mol. The molecule has 0 unspecified atom stereocenters. The average Bonchev–Trinajstić information content (AvgIpc) is 2.41. The van der Waals surface area contributed by atoms with E-state index in [4.69, 9.17) is 5.73 Å². The monoisotopic (exact) mass is 351 g/mol. The molecule has 1 fully saturated rings. The van der Waals surface area contributed by atoms with Gasteiger partial charge in [0.1, 0.15) is 5.82 Å². The molecule has 1 aromatic carbocycles. The van der Waals surface area contributed by atoms with Gasteiger partial charge in [0.05, 0.1) is 16.6 Å². The van der Waals surface area contributed by atoms with E-state index in [0.717, 1.165) is 25.7 Å². The van der Waals surface area contributed by atoms with Crippen molar-refractivity contribution in [3.05, 3.63) is 34.1 Å². The van der Waals surface area contributed by atoms with Crippen molar-refractivity contribution in [3.8, 4) is 0 Å². The lowest BCUT2D eigenvalue weighted by molar-refractivity contribution is 0.0615. The van der Waals surface area contributed by atoms with E-state index in [-0.39, 0.29) is 24.1 Å². The van der Waals surface area contributed by atoms with E-state index < -0.39 is 12.1 Å². The SMILES string of the molecule is Cl.N[C@@H](c1cccc(F)c1Br)[C@H](O)C1CCCCC1. The zero-order valence-electron chi connectivity index (χ0n) is 10.7. The summed E-state index contributed by atoms with van der Waals surface area (Å²) in [6.45, 7) is 0. The summed E-state index contributed by atoms with van der Waals surface area (Å²) in [7, 11) is 0. The number of rotatable bonds is 3. The number of aliphatic hydroxyl groups is 1. The van der Waals surface area contributed by atoms with Crippen LogP contribution in [0.2, 0.25) is 0 Å². The number of hydrogen-bond donors (Lipinski definition) is 2. The van der Waals surface area contributed by atoms with Crippen LogP contribution in [0.5, 0.6) is 0 Å². The molecule has 1 aliphatic carbocycles. The van der Waals surface area contributed by atoms with Gasteiger partial charge >= 0.3 is 0 Å². The maximum Gasteiger partial charge on any atom is 0.137 e. The Kier molecular flexibility index (Phi) is 6.74. The predicted octanol–water partition coefficient (Wildman–Crippen LogP) is 3.95. The van der Waals surface area contributed by atoms with Gasteiger partial charge in [0, 0.05) is 0 Å². The van der Waals surface area contributed by atoms with Crippen LogP contribution in [-0.4, -0.2) is 11.2 Å². The van der Waals surface area contributed by atoms with Crippen molar-refractivity contribution in [2.45, 2.75) is 44.2 Å². The van der Waals surface area contributed by atoms with Crippen LogP contribution in [0.1, 0.15) is 43.7 Å². The van der Waals surface area contributed by atoms with Gasteiger partial charge in [-0.2, -0.15) is 0 Å². The summed E-state index contributed by atoms with van der Waals surface area (Å²) >= 11 is 3.21. The minimum atomic E-state index is -0.594. The molecule has 2 atom stereocenters. The summed E-state index contributed by atoms with van der Waals surface area (Å²) in [5, 5.41) is 10.3. The minimum absolute atomic E-state index is 0. The number of benzene rings is 1. The Morgan fingerprint density at radius 1 is 1.26 bits per heavy atom. The van der Waals surface area contributed by atoms with Crippen molar-refractivity contribution < 1.29 is 9.50 Å². The molecule has 3 N–H and O–H groups in total. The van der Waals surface area contributed by atoms with Crippen molar-refractivity contribution in [1.29, 1.82) is 0 Å². The molecule has 0 aromatic heterocycles. The molecule has 1 saturated carbocycles. The quantitative estimate of drug-likeness (QED) is 0.865. The van der Waals surface area contributed by atoms with Crippen molar-refractivity contribution >= 4 is 28.3 Å². The summed E-state index contributed by atoms with van der Waals surface area (Å²) in [6.07, 6.45) is 4.98. The molecule has 0 heterocycles. The Bertz CT molecular complexity index is 412. The van der Waals surface area contributed by atoms with E-state index in [1.807, 2.05) is 0 Å². The highest BCUT2D eigenvalue weighted by Gasteiger charge is 2.29. The smallest absolute Gasteiger partial charge is 0.137 e. The third-order valence-corrected chi connectivity index (χ3v) is 4.68. The molecule has 2 rings (SSSR count). The van der Waals surface area contributed by atoms with E-state index >= 15 is 0 Å². The first-order valence-electron chi connectivity index (χ1n) is 6.49. The van der Waals surface area contributed by atoms with Crippen LogP contribution in [0.25, 0.3) is 0 Å². The highest BCUT2D eigenvalue weighted by molar-refractivity contribution is 9.10. The topological polar surface area (TPSA) is 46.2 Å². The predicted molar refractivity (Wildman–Crippen MR) is 80.9 cm³/mol. The zero-order valence-corrected chi connectivity index (χ0v) is 13.1. The Hall–Kier alpha value is -0.160. The molecule has 1 aromatic rings. The number of aliphatic hydroxyl groups excluding tert-OH is 1. The summed E-state index contributed by atoms with van der Waals surface area (Å²) in [6, 6.07) is 4.25. The Morgan fingerprint density at radius 2 is 1.89 bits per heavy atom. The highest BCUT2D eigenvalue weighted by Crippen LogP contribution is 2.34. The van der Waals surface area contributed by atoms with Crippen molar-refractivity contribution in [1.82, 2.24) is 0 Å². The molecule has 2 nitrogen and oxygen atoms in total. The number of hydrogen-bond acceptors (Lipinski definition) is 2. The second kappa shape index (κ2) is 7.58. The minimum Gasteiger partial charge on any atom is -0.391 e. The Morgan fingerprint density at radius 3 is 2.53 bits per heavy atom. The first-order chi connectivity index (χ1) is 8.61. The fourth-order valence-electron chi connectivity index (χ4n) is 2.73. The van der Waals surface area contributed by atoms with Gasteiger partial charge in [0.25, 0.3) is 0 Å². The molecule has 1 aliphatic rings. The molecular formula is C14H20BrClFNO. The zero-order chi connectivity index (χ0) is 13.1. The Balaban J connectivity index is 0.00000180. The largest absolute Gasteiger partial charge is 0.391 e. The maximum atomic E-state index is 13.5. The molecular weight excluding hydrogens is 333 g/mol. The maximum absolute atomic E-state index is 13.5. The molecule has 5 heteroatoms. The molecule has 0 saturated heterocycles. The van der Waals surface area contributed by atoms with Crippen molar-refractivity contribution in [2.24, 2.45) is 11.7 Å². The van der Waals surface area contributed by atoms with Gasteiger partial charge in [-0.1, -0.05) is 31.4 Å². The van der Waals surface area contributed by atoms with Crippen LogP contribution in [0.4, 0.5) is 4.39 Å². The standard InChI is InChI=1S/C14H19BrFNO.ClH/c15-12-10(7-4-8-11(12)16)13(17)14(18)9-5-2-1-3-6-9;/h4,7-9,13-14,18H,1-3,5-6,17H2;1H/t13-,14+;/m0./s1. The van der Waals surface area contributed by atoms with Gasteiger partial charge in [-0.05, 0) is 46.3 Å². The van der Waals surface area contributed by atoms with Crippen LogP contribution < -0.4 is 5.73 Å². The van der Waals surface area contributed by atoms with Crippen molar-refractivity contribution in [3.63, 3.8) is 0 Å². The van der Waals surface area contributed by atoms with E-state index in [1.165, 1.54) is 12.5 Å². The Labute approximate surface area is 128 Å². The van der Waals surface area contributed by atoms with Gasteiger partial charge in [0.15, 0.2) is 0 Å². The van der Waals surface area contributed by atoms with E-state index in [2.05, 4.69) is 15.9 Å². The van der Waals surface area contributed by atoms with Crippen LogP contribution in [0, 0.1) is 11.7 Å². The van der Waals surface area contributed by atoms with Gasteiger partial charge in [-0.25, -0.2) is 4.39 Å². The summed E-state index contributed by atoms with van der Waals surface area (Å²) in [4.78, 5) is 0. The van der Waals surface area contributed by atoms with Crippen LogP contribution in [0.3, 0.4) is 0 Å². The van der Waals surface area contributed by atoms with Gasteiger partial charge in [-0.3, -0.25) is 0 Å². The van der Waals surface area contributed by atoms with Gasteiger partial charge in [0.2, 0.25) is 0 Å². The first-order valence-corrected chi connectivity index (χ1v) is 7.28. The molecule has 0 radical (unpaired) electrons. The van der Waals surface area contributed by atoms with E-state index in [0.29, 0.717) is 10.0 Å². The lowest BCUT2D eigenvalue weighted by Gasteiger charge is -2.31.